The van der Waals surface area contributed by atoms with Crippen molar-refractivity contribution in [3.05, 3.63) is 29.8 Å². The quantitative estimate of drug-likeness (QED) is 0.842. The number of nitrogens with zero attached hydrogens (tertiary/aromatic N) is 2. The van der Waals surface area contributed by atoms with Crippen molar-refractivity contribution >= 4 is 12.0 Å². The van der Waals surface area contributed by atoms with Gasteiger partial charge in [-0.2, -0.15) is 0 Å². The molecular weight excluding hydrogens is 320 g/mol. The highest BCUT2D eigenvalue weighted by atomic mass is 16.6. The highest BCUT2D eigenvalue weighted by molar-refractivity contribution is 5.94. The number of rotatable bonds is 3. The third-order valence-electron chi connectivity index (χ3n) is 3.83. The van der Waals surface area contributed by atoms with Crippen molar-refractivity contribution < 1.29 is 19.1 Å². The summed E-state index contributed by atoms with van der Waals surface area (Å²) in [5, 5.41) is 0. The summed E-state index contributed by atoms with van der Waals surface area (Å²) in [7, 11) is 0. The summed E-state index contributed by atoms with van der Waals surface area (Å²) >= 11 is 0. The monoisotopic (exact) mass is 348 g/mol. The minimum absolute atomic E-state index is 0.0346. The van der Waals surface area contributed by atoms with Gasteiger partial charge in [-0.1, -0.05) is 6.07 Å². The van der Waals surface area contributed by atoms with E-state index in [2.05, 4.69) is 0 Å². The van der Waals surface area contributed by atoms with Crippen molar-refractivity contribution in [1.82, 2.24) is 9.80 Å². The topological polar surface area (TPSA) is 59.1 Å². The maximum atomic E-state index is 12.7. The second-order valence-corrected chi connectivity index (χ2v) is 7.07. The van der Waals surface area contributed by atoms with E-state index in [1.165, 1.54) is 0 Å². The zero-order chi connectivity index (χ0) is 18.4. The molecular formula is C19H28N2O4. The Labute approximate surface area is 149 Å². The molecule has 0 atom stereocenters. The minimum atomic E-state index is -0.515. The number of ether oxygens (including phenoxy) is 2. The van der Waals surface area contributed by atoms with Crippen LogP contribution < -0.4 is 4.74 Å². The fourth-order valence-corrected chi connectivity index (χ4v) is 2.70. The van der Waals surface area contributed by atoms with Crippen molar-refractivity contribution in [1.29, 1.82) is 0 Å². The highest BCUT2D eigenvalue weighted by Gasteiger charge is 2.26. The summed E-state index contributed by atoms with van der Waals surface area (Å²) in [5.74, 6) is 0.658. The lowest BCUT2D eigenvalue weighted by Crippen LogP contribution is -2.40. The molecule has 6 nitrogen and oxygen atoms in total. The van der Waals surface area contributed by atoms with E-state index in [9.17, 15) is 9.59 Å². The Morgan fingerprint density at radius 3 is 2.44 bits per heavy atom. The van der Waals surface area contributed by atoms with Gasteiger partial charge in [-0.25, -0.2) is 4.79 Å². The van der Waals surface area contributed by atoms with Gasteiger partial charge in [0.2, 0.25) is 0 Å². The molecule has 0 spiro atoms. The third kappa shape index (κ3) is 5.66. The van der Waals surface area contributed by atoms with Crippen LogP contribution in [-0.2, 0) is 4.74 Å². The van der Waals surface area contributed by atoms with Crippen LogP contribution in [0.4, 0.5) is 4.79 Å². The standard InChI is InChI=1S/C19H28N2O4/c1-5-24-16-9-6-8-15(14-16)17(22)20-10-7-11-21(13-12-20)18(23)25-19(2,3)4/h6,8-9,14H,5,7,10-13H2,1-4H3. The van der Waals surface area contributed by atoms with Crippen LogP contribution in [0.1, 0.15) is 44.5 Å². The minimum Gasteiger partial charge on any atom is -0.494 e. The zero-order valence-corrected chi connectivity index (χ0v) is 15.6. The molecule has 1 aliphatic rings. The van der Waals surface area contributed by atoms with Crippen molar-refractivity contribution in [2.75, 3.05) is 32.8 Å². The maximum absolute atomic E-state index is 12.7. The molecule has 138 valence electrons. The molecule has 1 aliphatic heterocycles. The Morgan fingerprint density at radius 2 is 1.76 bits per heavy atom. The van der Waals surface area contributed by atoms with Gasteiger partial charge < -0.3 is 19.3 Å². The van der Waals surface area contributed by atoms with Crippen molar-refractivity contribution in [2.24, 2.45) is 0 Å². The summed E-state index contributed by atoms with van der Waals surface area (Å²) < 4.78 is 10.9. The number of carbonyl (C=O) groups excluding carboxylic acids is 2. The molecule has 2 amide bonds. The van der Waals surface area contributed by atoms with Gasteiger partial charge in [-0.3, -0.25) is 4.79 Å². The summed E-state index contributed by atoms with van der Waals surface area (Å²) in [6.45, 7) is 10.2. The van der Waals surface area contributed by atoms with E-state index >= 15 is 0 Å². The van der Waals surface area contributed by atoms with Gasteiger partial charge in [-0.15, -0.1) is 0 Å². The Hall–Kier alpha value is -2.24. The lowest BCUT2D eigenvalue weighted by molar-refractivity contribution is 0.0255. The zero-order valence-electron chi connectivity index (χ0n) is 15.6. The summed E-state index contributed by atoms with van der Waals surface area (Å²) in [5.41, 5.74) is 0.0928. The number of hydrogen-bond acceptors (Lipinski definition) is 4. The van der Waals surface area contributed by atoms with Gasteiger partial charge in [-0.05, 0) is 52.3 Å². The number of carbonyl (C=O) groups is 2. The first kappa shape index (κ1) is 19.1. The molecule has 1 saturated heterocycles. The van der Waals surface area contributed by atoms with Crippen LogP contribution in [0.15, 0.2) is 24.3 Å². The normalized spacial score (nSPS) is 15.5. The van der Waals surface area contributed by atoms with Crippen molar-refractivity contribution in [3.8, 4) is 5.75 Å². The fraction of sp³-hybridized carbons (Fsp3) is 0.579. The van der Waals surface area contributed by atoms with E-state index in [-0.39, 0.29) is 12.0 Å². The molecule has 0 unspecified atom stereocenters. The van der Waals surface area contributed by atoms with Crippen molar-refractivity contribution in [3.63, 3.8) is 0 Å². The Balaban J connectivity index is 1.99. The van der Waals surface area contributed by atoms with E-state index in [0.29, 0.717) is 44.1 Å². The van der Waals surface area contributed by atoms with Crippen LogP contribution in [0.5, 0.6) is 5.75 Å². The van der Waals surface area contributed by atoms with Crippen LogP contribution in [0.3, 0.4) is 0 Å². The Morgan fingerprint density at radius 1 is 1.08 bits per heavy atom. The number of benzene rings is 1. The molecule has 0 N–H and O–H groups in total. The lowest BCUT2D eigenvalue weighted by atomic mass is 10.2. The Kier molecular flexibility index (Phi) is 6.28. The molecule has 0 aliphatic carbocycles. The first-order valence-corrected chi connectivity index (χ1v) is 8.80. The number of hydrogen-bond donors (Lipinski definition) is 0. The van der Waals surface area contributed by atoms with Gasteiger partial charge in [0.1, 0.15) is 11.4 Å². The third-order valence-corrected chi connectivity index (χ3v) is 3.83. The molecule has 1 aromatic rings. The van der Waals surface area contributed by atoms with Crippen LogP contribution >= 0.6 is 0 Å². The molecule has 1 fully saturated rings. The van der Waals surface area contributed by atoms with Gasteiger partial charge in [0, 0.05) is 31.7 Å². The van der Waals surface area contributed by atoms with Crippen LogP contribution in [0, 0.1) is 0 Å². The van der Waals surface area contributed by atoms with E-state index < -0.39 is 5.60 Å². The molecule has 0 radical (unpaired) electrons. The fourth-order valence-electron chi connectivity index (χ4n) is 2.70. The van der Waals surface area contributed by atoms with Crippen molar-refractivity contribution in [2.45, 2.75) is 39.7 Å². The second-order valence-electron chi connectivity index (χ2n) is 7.07. The molecule has 0 bridgehead atoms. The summed E-state index contributed by atoms with van der Waals surface area (Å²) in [6, 6.07) is 7.22. The van der Waals surface area contributed by atoms with Crippen LogP contribution in [0.25, 0.3) is 0 Å². The molecule has 6 heteroatoms. The average Bonchev–Trinajstić information content (AvgIpc) is 2.79. The lowest BCUT2D eigenvalue weighted by Gasteiger charge is -2.26. The molecule has 0 saturated carbocycles. The molecule has 25 heavy (non-hydrogen) atoms. The molecule has 2 rings (SSSR count). The summed E-state index contributed by atoms with van der Waals surface area (Å²) in [6.07, 6.45) is 0.413. The van der Waals surface area contributed by atoms with Gasteiger partial charge in [0.15, 0.2) is 0 Å². The first-order valence-electron chi connectivity index (χ1n) is 8.80. The predicted octanol–water partition coefficient (Wildman–Crippen LogP) is 3.17. The smallest absolute Gasteiger partial charge is 0.410 e. The van der Waals surface area contributed by atoms with E-state index in [1.807, 2.05) is 39.8 Å². The second kappa shape index (κ2) is 8.23. The molecule has 1 aromatic carbocycles. The van der Waals surface area contributed by atoms with E-state index in [0.717, 1.165) is 6.42 Å². The Bertz CT molecular complexity index is 610. The van der Waals surface area contributed by atoms with Crippen LogP contribution in [-0.4, -0.2) is 60.2 Å². The summed E-state index contributed by atoms with van der Waals surface area (Å²) in [4.78, 5) is 28.4. The van der Waals surface area contributed by atoms with Gasteiger partial charge in [0.25, 0.3) is 5.91 Å². The molecule has 0 aromatic heterocycles. The van der Waals surface area contributed by atoms with Gasteiger partial charge >= 0.3 is 6.09 Å². The molecule has 1 heterocycles. The van der Waals surface area contributed by atoms with E-state index in [4.69, 9.17) is 9.47 Å². The van der Waals surface area contributed by atoms with Gasteiger partial charge in [0.05, 0.1) is 6.61 Å². The highest BCUT2D eigenvalue weighted by Crippen LogP contribution is 2.17. The van der Waals surface area contributed by atoms with E-state index in [1.54, 1.807) is 21.9 Å². The first-order chi connectivity index (χ1) is 11.8. The largest absolute Gasteiger partial charge is 0.494 e. The van der Waals surface area contributed by atoms with Crippen LogP contribution in [0.2, 0.25) is 0 Å². The predicted molar refractivity (Wildman–Crippen MR) is 95.9 cm³/mol. The maximum Gasteiger partial charge on any atom is 0.410 e. The number of amides is 2. The SMILES string of the molecule is CCOc1cccc(C(=O)N2CCCN(C(=O)OC(C)(C)C)CC2)c1. The average molecular weight is 348 g/mol.